The second kappa shape index (κ2) is 5.14. The summed E-state index contributed by atoms with van der Waals surface area (Å²) >= 11 is 5.85. The summed E-state index contributed by atoms with van der Waals surface area (Å²) in [6, 6.07) is 6.23. The van der Waals surface area contributed by atoms with Crippen LogP contribution < -0.4 is 4.72 Å². The molecule has 0 bridgehead atoms. The molecule has 0 aromatic heterocycles. The molecule has 0 unspecified atom stereocenters. The summed E-state index contributed by atoms with van der Waals surface area (Å²) in [7, 11) is -13.9. The summed E-state index contributed by atoms with van der Waals surface area (Å²) < 4.78 is 90.6. The van der Waals surface area contributed by atoms with Crippen molar-refractivity contribution in [1.82, 2.24) is 0 Å². The summed E-state index contributed by atoms with van der Waals surface area (Å²) in [5.41, 5.74) is 0.846. The molecule has 1 aliphatic rings. The Hall–Kier alpha value is -1.78. The van der Waals surface area contributed by atoms with Gasteiger partial charge in [-0.15, -0.1) is 0 Å². The minimum absolute atomic E-state index is 0.0547. The van der Waals surface area contributed by atoms with Crippen molar-refractivity contribution < 1.29 is 27.8 Å². The Bertz CT molecular complexity index is 1030. The van der Waals surface area contributed by atoms with Crippen LogP contribution in [0, 0.1) is 0 Å². The summed E-state index contributed by atoms with van der Waals surface area (Å²) in [6.45, 7) is 0. The number of allylic oxidation sites excluding steroid dienone is 1. The lowest BCUT2D eigenvalue weighted by Gasteiger charge is -2.40. The van der Waals surface area contributed by atoms with E-state index >= 15 is 0 Å². The van der Waals surface area contributed by atoms with Gasteiger partial charge in [-0.05, 0) is 53.9 Å². The van der Waals surface area contributed by atoms with Crippen molar-refractivity contribution in [3.05, 3.63) is 64.7 Å². The van der Waals surface area contributed by atoms with Gasteiger partial charge in [0.15, 0.2) is 0 Å². The molecular weight excluding hydrogens is 421 g/mol. The largest absolute Gasteiger partial charge is 0.310 e. The van der Waals surface area contributed by atoms with Crippen LogP contribution in [0.3, 0.4) is 0 Å². The number of benzene rings is 2. The molecule has 0 saturated carbocycles. The van der Waals surface area contributed by atoms with E-state index < -0.39 is 25.1 Å². The Morgan fingerprint density at radius 1 is 0.962 bits per heavy atom. The van der Waals surface area contributed by atoms with Crippen molar-refractivity contribution in [1.29, 1.82) is 0 Å². The molecular formula is C15H11ClF5NO2S2. The maximum absolute atomic E-state index is 12.7. The highest BCUT2D eigenvalue weighted by molar-refractivity contribution is 8.45. The fraction of sp³-hybridized carbons (Fsp3) is 0.0667. The Balaban J connectivity index is 1.89. The number of hydrogen-bond acceptors (Lipinski definition) is 2. The van der Waals surface area contributed by atoms with E-state index in [-0.39, 0.29) is 22.7 Å². The van der Waals surface area contributed by atoms with Crippen LogP contribution in [0.1, 0.15) is 11.1 Å². The third-order valence-electron chi connectivity index (χ3n) is 3.68. The fourth-order valence-electron chi connectivity index (χ4n) is 2.53. The molecule has 1 aliphatic carbocycles. The van der Waals surface area contributed by atoms with Gasteiger partial charge in [0, 0.05) is 10.7 Å². The van der Waals surface area contributed by atoms with Crippen LogP contribution in [0.15, 0.2) is 53.4 Å². The molecule has 0 radical (unpaired) electrons. The van der Waals surface area contributed by atoms with Crippen molar-refractivity contribution in [2.24, 2.45) is 0 Å². The smallest absolute Gasteiger partial charge is 0.280 e. The molecule has 0 atom stereocenters. The third kappa shape index (κ3) is 3.81. The first kappa shape index (κ1) is 19.0. The average Bonchev–Trinajstić information content (AvgIpc) is 2.88. The Kier molecular flexibility index (Phi) is 3.76. The lowest BCUT2D eigenvalue weighted by atomic mass is 10.1. The van der Waals surface area contributed by atoms with E-state index in [0.29, 0.717) is 34.7 Å². The van der Waals surface area contributed by atoms with Gasteiger partial charge in [0.1, 0.15) is 4.90 Å². The molecule has 0 spiro atoms. The van der Waals surface area contributed by atoms with Gasteiger partial charge in [-0.3, -0.25) is 4.72 Å². The lowest BCUT2D eigenvalue weighted by Crippen LogP contribution is -2.14. The van der Waals surface area contributed by atoms with Crippen LogP contribution >= 0.6 is 21.8 Å². The predicted molar refractivity (Wildman–Crippen MR) is 93.5 cm³/mol. The molecule has 3 rings (SSSR count). The van der Waals surface area contributed by atoms with Gasteiger partial charge >= 0.3 is 10.2 Å². The van der Waals surface area contributed by atoms with E-state index in [4.69, 9.17) is 11.6 Å². The van der Waals surface area contributed by atoms with Crippen LogP contribution in [0.2, 0.25) is 5.02 Å². The number of nitrogens with one attached hydrogen (secondary N) is 1. The van der Waals surface area contributed by atoms with Gasteiger partial charge in [-0.25, -0.2) is 8.42 Å². The number of anilines is 1. The predicted octanol–water partition coefficient (Wildman–Crippen LogP) is 6.34. The Morgan fingerprint density at radius 3 is 2.15 bits per heavy atom. The zero-order chi connectivity index (χ0) is 19.4. The van der Waals surface area contributed by atoms with Crippen LogP contribution in [-0.2, 0) is 16.4 Å². The first-order valence-corrected chi connectivity index (χ1v) is 10.8. The maximum Gasteiger partial charge on any atom is 0.310 e. The summed E-state index contributed by atoms with van der Waals surface area (Å²) in [4.78, 5) is -2.14. The third-order valence-corrected chi connectivity index (χ3v) is 6.55. The van der Waals surface area contributed by atoms with E-state index in [2.05, 4.69) is 4.72 Å². The first-order chi connectivity index (χ1) is 11.7. The first-order valence-electron chi connectivity index (χ1n) is 7.02. The molecule has 2 aromatic rings. The van der Waals surface area contributed by atoms with Crippen LogP contribution in [0.25, 0.3) is 4.91 Å². The van der Waals surface area contributed by atoms with Crippen molar-refractivity contribution in [2.45, 2.75) is 11.3 Å². The van der Waals surface area contributed by atoms with E-state index in [1.54, 1.807) is 6.07 Å². The topological polar surface area (TPSA) is 46.2 Å². The molecule has 0 heterocycles. The van der Waals surface area contributed by atoms with Gasteiger partial charge in [0.05, 0.1) is 4.91 Å². The second-order valence-electron chi connectivity index (χ2n) is 5.67. The zero-order valence-electron chi connectivity index (χ0n) is 12.7. The molecule has 26 heavy (non-hydrogen) atoms. The maximum atomic E-state index is 12.7. The molecule has 142 valence electrons. The van der Waals surface area contributed by atoms with Gasteiger partial charge in [0.25, 0.3) is 10.0 Å². The summed E-state index contributed by atoms with van der Waals surface area (Å²) in [5.74, 6) is 0. The minimum Gasteiger partial charge on any atom is -0.280 e. The molecule has 0 amide bonds. The molecule has 3 nitrogen and oxygen atoms in total. The number of sulfonamides is 1. The zero-order valence-corrected chi connectivity index (χ0v) is 15.1. The molecule has 0 fully saturated rings. The SMILES string of the molecule is O=S(=O)(Nc1ccc(S(F)(F)(F)(F)F)cc1)C1=CCc2cc(Cl)ccc21. The van der Waals surface area contributed by atoms with Gasteiger partial charge in [-0.2, -0.15) is 0 Å². The number of hydrogen-bond donors (Lipinski definition) is 1. The van der Waals surface area contributed by atoms with Crippen LogP contribution in [0.4, 0.5) is 25.1 Å². The van der Waals surface area contributed by atoms with Gasteiger partial charge in [0.2, 0.25) is 0 Å². The van der Waals surface area contributed by atoms with Crippen LogP contribution in [0.5, 0.6) is 0 Å². The molecule has 1 N–H and O–H groups in total. The highest BCUT2D eigenvalue weighted by atomic mass is 35.5. The number of halogens is 6. The van der Waals surface area contributed by atoms with Gasteiger partial charge in [-0.1, -0.05) is 43.2 Å². The number of fused-ring (bicyclic) bond motifs is 1. The highest BCUT2D eigenvalue weighted by Gasteiger charge is 2.65. The Morgan fingerprint density at radius 2 is 1.58 bits per heavy atom. The van der Waals surface area contributed by atoms with E-state index in [0.717, 1.165) is 0 Å². The second-order valence-corrected chi connectivity index (χ2v) is 10.2. The molecule has 0 saturated heterocycles. The van der Waals surface area contributed by atoms with Crippen molar-refractivity contribution in [3.63, 3.8) is 0 Å². The van der Waals surface area contributed by atoms with Crippen molar-refractivity contribution in [2.75, 3.05) is 4.72 Å². The number of rotatable bonds is 4. The van der Waals surface area contributed by atoms with Crippen molar-refractivity contribution in [3.8, 4) is 0 Å². The highest BCUT2D eigenvalue weighted by Crippen LogP contribution is 3.02. The van der Waals surface area contributed by atoms with E-state index in [1.165, 1.54) is 18.2 Å². The summed E-state index contributed by atoms with van der Waals surface area (Å²) in [6.07, 6.45) is 1.77. The van der Waals surface area contributed by atoms with E-state index in [1.807, 2.05) is 0 Å². The normalized spacial score (nSPS) is 17.1. The minimum atomic E-state index is -9.80. The van der Waals surface area contributed by atoms with Crippen LogP contribution in [-0.4, -0.2) is 8.42 Å². The molecule has 11 heteroatoms. The van der Waals surface area contributed by atoms with Crippen molar-refractivity contribution >= 4 is 42.4 Å². The molecule has 2 aromatic carbocycles. The van der Waals surface area contributed by atoms with Gasteiger partial charge < -0.3 is 0 Å². The average molecular weight is 432 g/mol. The quantitative estimate of drug-likeness (QED) is 0.574. The van der Waals surface area contributed by atoms with E-state index in [9.17, 15) is 27.8 Å². The Labute approximate surface area is 151 Å². The standard InChI is InChI=1S/C15H11ClF5NO2S2/c16-11-2-7-14-10(9-11)1-8-15(14)25(23,24)22-12-3-5-13(6-4-12)26(17,18,19,20)21/h2-9,22H,1H2. The fourth-order valence-corrected chi connectivity index (χ4v) is 4.72. The summed E-state index contributed by atoms with van der Waals surface area (Å²) in [5, 5.41) is 0.440. The molecule has 0 aliphatic heterocycles. The lowest BCUT2D eigenvalue weighted by molar-refractivity contribution is 0.364. The monoisotopic (exact) mass is 431 g/mol.